The number of alkyl halides is 3. The zero-order valence-electron chi connectivity index (χ0n) is 15.1. The molecule has 0 aliphatic rings. The third kappa shape index (κ3) is 6.16. The summed E-state index contributed by atoms with van der Waals surface area (Å²) in [5.41, 5.74) is -0.564. The first-order valence-electron chi connectivity index (χ1n) is 8.28. The van der Waals surface area contributed by atoms with E-state index in [0.717, 1.165) is 11.6 Å². The Kier molecular flexibility index (Phi) is 6.90. The quantitative estimate of drug-likeness (QED) is 0.712. The molecule has 150 valence electrons. The van der Waals surface area contributed by atoms with Crippen molar-refractivity contribution < 1.29 is 27.5 Å². The maximum absolute atomic E-state index is 12.8. The Hall–Kier alpha value is -2.74. The molecule has 0 bridgehead atoms. The molecule has 9 heteroatoms. The molecule has 28 heavy (non-hydrogen) atoms. The summed E-state index contributed by atoms with van der Waals surface area (Å²) in [5.74, 6) is -1.40. The first kappa shape index (κ1) is 21.6. The van der Waals surface area contributed by atoms with Crippen LogP contribution in [0.25, 0.3) is 0 Å². The Labute approximate surface area is 164 Å². The Bertz CT molecular complexity index is 852. The lowest BCUT2D eigenvalue weighted by Gasteiger charge is -2.12. The van der Waals surface area contributed by atoms with Crippen LogP contribution < -0.4 is 15.4 Å². The van der Waals surface area contributed by atoms with Gasteiger partial charge in [0.1, 0.15) is 5.75 Å². The molecule has 2 amide bonds. The van der Waals surface area contributed by atoms with Crippen LogP contribution in [-0.2, 0) is 22.3 Å². The highest BCUT2D eigenvalue weighted by molar-refractivity contribution is 6.39. The molecular formula is C19H18ClF3N2O3. The molecule has 0 aliphatic carbocycles. The van der Waals surface area contributed by atoms with Crippen LogP contribution in [0.4, 0.5) is 18.9 Å². The Morgan fingerprint density at radius 1 is 1.07 bits per heavy atom. The number of hydrogen-bond donors (Lipinski definition) is 2. The summed E-state index contributed by atoms with van der Waals surface area (Å²) in [6.07, 6.45) is -4.65. The second-order valence-electron chi connectivity index (χ2n) is 6.14. The molecule has 0 heterocycles. The van der Waals surface area contributed by atoms with Gasteiger partial charge in [-0.2, -0.15) is 13.2 Å². The maximum atomic E-state index is 12.8. The predicted molar refractivity (Wildman–Crippen MR) is 99.1 cm³/mol. The van der Waals surface area contributed by atoms with Gasteiger partial charge < -0.3 is 15.4 Å². The zero-order chi connectivity index (χ0) is 20.9. The second kappa shape index (κ2) is 8.97. The minimum Gasteiger partial charge on any atom is -0.491 e. The Morgan fingerprint density at radius 2 is 1.71 bits per heavy atom. The summed E-state index contributed by atoms with van der Waals surface area (Å²) < 4.78 is 44.0. The van der Waals surface area contributed by atoms with E-state index < -0.39 is 28.6 Å². The lowest BCUT2D eigenvalue weighted by Crippen LogP contribution is -2.35. The van der Waals surface area contributed by atoms with Crippen LogP contribution in [0.1, 0.15) is 25.0 Å². The van der Waals surface area contributed by atoms with E-state index in [2.05, 4.69) is 10.6 Å². The summed E-state index contributed by atoms with van der Waals surface area (Å²) in [5, 5.41) is 4.01. The summed E-state index contributed by atoms with van der Waals surface area (Å²) >= 11 is 5.52. The number of benzene rings is 2. The van der Waals surface area contributed by atoms with Gasteiger partial charge in [-0.1, -0.05) is 23.7 Å². The molecule has 0 unspecified atom stereocenters. The molecular weight excluding hydrogens is 397 g/mol. The van der Waals surface area contributed by atoms with Gasteiger partial charge in [-0.15, -0.1) is 0 Å². The van der Waals surface area contributed by atoms with Crippen LogP contribution in [0, 0.1) is 0 Å². The number of carbonyl (C=O) groups excluding carboxylic acids is 2. The van der Waals surface area contributed by atoms with Crippen LogP contribution in [0.2, 0.25) is 5.02 Å². The highest BCUT2D eigenvalue weighted by Crippen LogP contribution is 2.36. The average molecular weight is 415 g/mol. The van der Waals surface area contributed by atoms with Gasteiger partial charge in [0.2, 0.25) is 0 Å². The van der Waals surface area contributed by atoms with E-state index in [-0.39, 0.29) is 18.3 Å². The van der Waals surface area contributed by atoms with Crippen molar-refractivity contribution in [3.05, 3.63) is 58.6 Å². The van der Waals surface area contributed by atoms with E-state index in [1.54, 1.807) is 24.3 Å². The molecule has 0 radical (unpaired) electrons. The van der Waals surface area contributed by atoms with Crippen molar-refractivity contribution in [2.45, 2.75) is 32.7 Å². The molecule has 2 aromatic carbocycles. The van der Waals surface area contributed by atoms with Gasteiger partial charge in [-0.3, -0.25) is 9.59 Å². The van der Waals surface area contributed by atoms with Crippen molar-refractivity contribution in [1.82, 2.24) is 5.32 Å². The monoisotopic (exact) mass is 414 g/mol. The second-order valence-corrected chi connectivity index (χ2v) is 6.55. The molecule has 0 saturated heterocycles. The van der Waals surface area contributed by atoms with Crippen molar-refractivity contribution in [1.29, 1.82) is 0 Å². The molecule has 5 nitrogen and oxygen atoms in total. The van der Waals surface area contributed by atoms with Gasteiger partial charge in [-0.05, 0) is 49.7 Å². The van der Waals surface area contributed by atoms with Gasteiger partial charge in [0.05, 0.1) is 16.7 Å². The van der Waals surface area contributed by atoms with Gasteiger partial charge in [0.25, 0.3) is 0 Å². The van der Waals surface area contributed by atoms with Crippen LogP contribution in [-0.4, -0.2) is 17.9 Å². The van der Waals surface area contributed by atoms with E-state index in [1.165, 1.54) is 6.07 Å². The minimum absolute atomic E-state index is 0.0278. The fourth-order valence-corrected chi connectivity index (χ4v) is 2.45. The first-order valence-corrected chi connectivity index (χ1v) is 8.65. The molecule has 2 rings (SSSR count). The standard InChI is InChI=1S/C19H18ClF3N2O3/c1-11(2)28-14-6-3-12(4-7-14)10-24-17(26)18(27)25-13-5-8-16(20)15(9-13)19(21,22)23/h3-9,11H,10H2,1-2H3,(H,24,26)(H,25,27). The van der Waals surface area contributed by atoms with E-state index in [4.69, 9.17) is 16.3 Å². The van der Waals surface area contributed by atoms with Gasteiger partial charge in [0, 0.05) is 12.2 Å². The van der Waals surface area contributed by atoms with Crippen molar-refractivity contribution in [2.24, 2.45) is 0 Å². The van der Waals surface area contributed by atoms with Gasteiger partial charge in [0.15, 0.2) is 0 Å². The molecule has 0 fully saturated rings. The third-order valence-corrected chi connectivity index (χ3v) is 3.81. The lowest BCUT2D eigenvalue weighted by atomic mass is 10.2. The van der Waals surface area contributed by atoms with Gasteiger partial charge >= 0.3 is 18.0 Å². The molecule has 2 aromatic rings. The number of carbonyl (C=O) groups is 2. The molecule has 0 atom stereocenters. The number of amides is 2. The highest BCUT2D eigenvalue weighted by atomic mass is 35.5. The van der Waals surface area contributed by atoms with E-state index in [0.29, 0.717) is 11.8 Å². The maximum Gasteiger partial charge on any atom is 0.417 e. The van der Waals surface area contributed by atoms with Crippen molar-refractivity contribution in [3.8, 4) is 5.75 Å². The van der Waals surface area contributed by atoms with Crippen LogP contribution in [0.5, 0.6) is 5.75 Å². The van der Waals surface area contributed by atoms with E-state index in [1.807, 2.05) is 13.8 Å². The molecule has 0 saturated carbocycles. The van der Waals surface area contributed by atoms with Gasteiger partial charge in [-0.25, -0.2) is 0 Å². The van der Waals surface area contributed by atoms with Crippen LogP contribution in [0.15, 0.2) is 42.5 Å². The summed E-state index contributed by atoms with van der Waals surface area (Å²) in [4.78, 5) is 23.8. The number of halogens is 4. The van der Waals surface area contributed by atoms with Crippen LogP contribution >= 0.6 is 11.6 Å². The van der Waals surface area contributed by atoms with Crippen molar-refractivity contribution in [3.63, 3.8) is 0 Å². The fourth-order valence-electron chi connectivity index (χ4n) is 2.23. The smallest absolute Gasteiger partial charge is 0.417 e. The minimum atomic E-state index is -4.68. The summed E-state index contributed by atoms with van der Waals surface area (Å²) in [7, 11) is 0. The van der Waals surface area contributed by atoms with E-state index >= 15 is 0 Å². The molecule has 0 aromatic heterocycles. The number of hydrogen-bond acceptors (Lipinski definition) is 3. The third-order valence-electron chi connectivity index (χ3n) is 3.48. The fraction of sp³-hybridized carbons (Fsp3) is 0.263. The number of ether oxygens (including phenoxy) is 1. The highest BCUT2D eigenvalue weighted by Gasteiger charge is 2.33. The number of anilines is 1. The predicted octanol–water partition coefficient (Wildman–Crippen LogP) is 4.40. The SMILES string of the molecule is CC(C)Oc1ccc(CNC(=O)C(=O)Nc2ccc(Cl)c(C(F)(F)F)c2)cc1. The average Bonchev–Trinajstić information content (AvgIpc) is 2.61. The lowest BCUT2D eigenvalue weighted by molar-refractivity contribution is -0.137. The van der Waals surface area contributed by atoms with E-state index in [9.17, 15) is 22.8 Å². The largest absolute Gasteiger partial charge is 0.491 e. The number of rotatable bonds is 5. The first-order chi connectivity index (χ1) is 13.1. The normalized spacial score (nSPS) is 11.2. The molecule has 0 spiro atoms. The van der Waals surface area contributed by atoms with Crippen molar-refractivity contribution in [2.75, 3.05) is 5.32 Å². The summed E-state index contributed by atoms with van der Waals surface area (Å²) in [6, 6.07) is 9.76. The van der Waals surface area contributed by atoms with Crippen molar-refractivity contribution >= 4 is 29.1 Å². The molecule has 2 N–H and O–H groups in total. The van der Waals surface area contributed by atoms with Crippen LogP contribution in [0.3, 0.4) is 0 Å². The summed E-state index contributed by atoms with van der Waals surface area (Å²) in [6.45, 7) is 3.86. The zero-order valence-corrected chi connectivity index (χ0v) is 15.8. The Balaban J connectivity index is 1.94. The Morgan fingerprint density at radius 3 is 2.29 bits per heavy atom. The number of nitrogens with one attached hydrogen (secondary N) is 2. The topological polar surface area (TPSA) is 67.4 Å². The molecule has 0 aliphatic heterocycles.